The van der Waals surface area contributed by atoms with Gasteiger partial charge in [0, 0.05) is 12.1 Å². The molecule has 0 saturated heterocycles. The normalized spacial score (nSPS) is 12.2. The first kappa shape index (κ1) is 15.0. The van der Waals surface area contributed by atoms with Crippen molar-refractivity contribution in [2.75, 3.05) is 18.1 Å². The van der Waals surface area contributed by atoms with Crippen LogP contribution in [-0.4, -0.2) is 29.1 Å². The highest BCUT2D eigenvalue weighted by atomic mass is 32.2. The topological polar surface area (TPSA) is 49.3 Å². The van der Waals surface area contributed by atoms with Gasteiger partial charge in [0.05, 0.1) is 11.9 Å². The van der Waals surface area contributed by atoms with Crippen LogP contribution in [0.1, 0.15) is 25.0 Å². The van der Waals surface area contributed by atoms with Crippen LogP contribution in [0, 0.1) is 5.82 Å². The molecule has 100 valence electrons. The van der Waals surface area contributed by atoms with Gasteiger partial charge in [-0.25, -0.2) is 4.39 Å². The maximum atomic E-state index is 13.3. The van der Waals surface area contributed by atoms with Crippen molar-refractivity contribution in [3.05, 3.63) is 35.6 Å². The summed E-state index contributed by atoms with van der Waals surface area (Å²) in [6, 6.07) is 6.02. The molecule has 1 aromatic rings. The van der Waals surface area contributed by atoms with Crippen LogP contribution in [0.25, 0.3) is 0 Å². The smallest absolute Gasteiger partial charge is 0.230 e. The number of rotatable bonds is 7. The molecule has 1 rings (SSSR count). The Bertz CT molecular complexity index is 387. The quantitative estimate of drug-likeness (QED) is 0.747. The summed E-state index contributed by atoms with van der Waals surface area (Å²) in [5.41, 5.74) is 0.207. The zero-order chi connectivity index (χ0) is 13.4. The van der Waals surface area contributed by atoms with Crippen molar-refractivity contribution in [2.45, 2.75) is 19.4 Å². The fraction of sp³-hybridized carbons (Fsp3) is 0.462. The molecular weight excluding hydrogens is 253 g/mol. The van der Waals surface area contributed by atoms with E-state index < -0.39 is 11.9 Å². The van der Waals surface area contributed by atoms with Gasteiger partial charge in [0.15, 0.2) is 0 Å². The maximum absolute atomic E-state index is 13.3. The number of aliphatic hydroxyl groups excluding tert-OH is 1. The third-order valence-electron chi connectivity index (χ3n) is 2.34. The van der Waals surface area contributed by atoms with Crippen LogP contribution in [0.5, 0.6) is 0 Å². The first-order chi connectivity index (χ1) is 8.65. The SMILES string of the molecule is CCCSCC(=O)NCC(O)c1ccccc1F. The molecular formula is C13H18FNO2S. The van der Waals surface area contributed by atoms with Crippen LogP contribution >= 0.6 is 11.8 Å². The highest BCUT2D eigenvalue weighted by Gasteiger charge is 2.13. The molecule has 2 N–H and O–H groups in total. The molecule has 5 heteroatoms. The molecule has 1 aromatic carbocycles. The van der Waals surface area contributed by atoms with Gasteiger partial charge in [-0.3, -0.25) is 4.79 Å². The molecule has 0 radical (unpaired) electrons. The molecule has 0 saturated carbocycles. The number of carbonyl (C=O) groups excluding carboxylic acids is 1. The minimum absolute atomic E-state index is 0.0342. The number of carbonyl (C=O) groups is 1. The van der Waals surface area contributed by atoms with Gasteiger partial charge in [-0.1, -0.05) is 25.1 Å². The highest BCUT2D eigenvalue weighted by molar-refractivity contribution is 7.99. The second kappa shape index (κ2) is 8.11. The average molecular weight is 271 g/mol. The summed E-state index contributed by atoms with van der Waals surface area (Å²) in [6.07, 6.45) is 0.0156. The Hall–Kier alpha value is -1.07. The van der Waals surface area contributed by atoms with Crippen molar-refractivity contribution in [1.29, 1.82) is 0 Å². The number of benzene rings is 1. The van der Waals surface area contributed by atoms with E-state index in [1.54, 1.807) is 23.9 Å². The van der Waals surface area contributed by atoms with E-state index in [4.69, 9.17) is 0 Å². The lowest BCUT2D eigenvalue weighted by Crippen LogP contribution is -2.30. The Kier molecular flexibility index (Phi) is 6.75. The van der Waals surface area contributed by atoms with Crippen molar-refractivity contribution in [3.63, 3.8) is 0 Å². The van der Waals surface area contributed by atoms with Crippen molar-refractivity contribution >= 4 is 17.7 Å². The summed E-state index contributed by atoms with van der Waals surface area (Å²) < 4.78 is 13.3. The molecule has 0 aliphatic heterocycles. The molecule has 0 aliphatic carbocycles. The molecule has 1 unspecified atom stereocenters. The molecule has 0 spiro atoms. The van der Waals surface area contributed by atoms with Crippen LogP contribution < -0.4 is 5.32 Å². The largest absolute Gasteiger partial charge is 0.386 e. The van der Waals surface area contributed by atoms with E-state index >= 15 is 0 Å². The van der Waals surface area contributed by atoms with Crippen LogP contribution in [0.3, 0.4) is 0 Å². The predicted octanol–water partition coefficient (Wildman–Crippen LogP) is 2.12. The molecule has 0 fully saturated rings. The third-order valence-corrected chi connectivity index (χ3v) is 3.50. The molecule has 0 aromatic heterocycles. The number of halogens is 1. The second-order valence-corrected chi connectivity index (χ2v) is 5.00. The number of hydrogen-bond acceptors (Lipinski definition) is 3. The summed E-state index contributed by atoms with van der Waals surface area (Å²) in [4.78, 5) is 11.4. The molecule has 3 nitrogen and oxygen atoms in total. The average Bonchev–Trinajstić information content (AvgIpc) is 2.37. The lowest BCUT2D eigenvalue weighted by Gasteiger charge is -2.12. The summed E-state index contributed by atoms with van der Waals surface area (Å²) in [7, 11) is 0. The van der Waals surface area contributed by atoms with E-state index in [1.807, 2.05) is 6.92 Å². The number of hydrogen-bond donors (Lipinski definition) is 2. The molecule has 0 bridgehead atoms. The minimum atomic E-state index is -1.01. The van der Waals surface area contributed by atoms with E-state index in [0.29, 0.717) is 5.75 Å². The van der Waals surface area contributed by atoms with Crippen LogP contribution in [-0.2, 0) is 4.79 Å². The van der Waals surface area contributed by atoms with Gasteiger partial charge in [0.2, 0.25) is 5.91 Å². The zero-order valence-electron chi connectivity index (χ0n) is 10.4. The standard InChI is InChI=1S/C13H18FNO2S/c1-2-7-18-9-13(17)15-8-12(16)10-5-3-4-6-11(10)14/h3-6,12,16H,2,7-9H2,1H3,(H,15,17). The van der Waals surface area contributed by atoms with Gasteiger partial charge in [-0.15, -0.1) is 0 Å². The zero-order valence-corrected chi connectivity index (χ0v) is 11.2. The van der Waals surface area contributed by atoms with Crippen molar-refractivity contribution in [3.8, 4) is 0 Å². The lowest BCUT2D eigenvalue weighted by atomic mass is 10.1. The Morgan fingerprint density at radius 2 is 2.22 bits per heavy atom. The number of thioether (sulfide) groups is 1. The number of amides is 1. The van der Waals surface area contributed by atoms with Crippen molar-refractivity contribution in [2.24, 2.45) is 0 Å². The third kappa shape index (κ3) is 5.06. The summed E-state index contributed by atoms with van der Waals surface area (Å²) in [5, 5.41) is 12.4. The first-order valence-electron chi connectivity index (χ1n) is 5.92. The number of nitrogens with one attached hydrogen (secondary N) is 1. The lowest BCUT2D eigenvalue weighted by molar-refractivity contribution is -0.119. The second-order valence-electron chi connectivity index (χ2n) is 3.89. The molecule has 0 aliphatic rings. The monoisotopic (exact) mass is 271 g/mol. The van der Waals surface area contributed by atoms with E-state index in [9.17, 15) is 14.3 Å². The van der Waals surface area contributed by atoms with Gasteiger partial charge >= 0.3 is 0 Å². The Morgan fingerprint density at radius 1 is 1.50 bits per heavy atom. The Labute approximate surface area is 111 Å². The van der Waals surface area contributed by atoms with Crippen molar-refractivity contribution < 1.29 is 14.3 Å². The Balaban J connectivity index is 2.35. The summed E-state index contributed by atoms with van der Waals surface area (Å²) in [6.45, 7) is 2.08. The van der Waals surface area contributed by atoms with E-state index in [1.165, 1.54) is 12.1 Å². The number of aliphatic hydroxyl groups is 1. The van der Waals surface area contributed by atoms with Crippen LogP contribution in [0.4, 0.5) is 4.39 Å². The summed E-state index contributed by atoms with van der Waals surface area (Å²) >= 11 is 1.54. The van der Waals surface area contributed by atoms with Crippen LogP contribution in [0.2, 0.25) is 0 Å². The first-order valence-corrected chi connectivity index (χ1v) is 7.07. The molecule has 0 heterocycles. The molecule has 1 amide bonds. The van der Waals surface area contributed by atoms with E-state index in [2.05, 4.69) is 5.32 Å². The molecule has 1 atom stereocenters. The van der Waals surface area contributed by atoms with Gasteiger partial charge < -0.3 is 10.4 Å². The fourth-order valence-corrected chi connectivity index (χ4v) is 2.15. The van der Waals surface area contributed by atoms with Gasteiger partial charge in [0.1, 0.15) is 5.82 Å². The predicted molar refractivity (Wildman–Crippen MR) is 72.0 cm³/mol. The Morgan fingerprint density at radius 3 is 2.89 bits per heavy atom. The van der Waals surface area contributed by atoms with Gasteiger partial charge in [0.25, 0.3) is 0 Å². The highest BCUT2D eigenvalue weighted by Crippen LogP contribution is 2.15. The van der Waals surface area contributed by atoms with E-state index in [0.717, 1.165) is 12.2 Å². The fourth-order valence-electron chi connectivity index (χ4n) is 1.43. The van der Waals surface area contributed by atoms with Crippen LogP contribution in [0.15, 0.2) is 24.3 Å². The van der Waals surface area contributed by atoms with Gasteiger partial charge in [-0.05, 0) is 18.2 Å². The minimum Gasteiger partial charge on any atom is -0.386 e. The summed E-state index contributed by atoms with van der Waals surface area (Å²) in [5.74, 6) is 0.713. The maximum Gasteiger partial charge on any atom is 0.230 e. The molecule has 18 heavy (non-hydrogen) atoms. The van der Waals surface area contributed by atoms with Crippen molar-refractivity contribution in [1.82, 2.24) is 5.32 Å². The van der Waals surface area contributed by atoms with E-state index in [-0.39, 0.29) is 18.0 Å². The van der Waals surface area contributed by atoms with Gasteiger partial charge in [-0.2, -0.15) is 11.8 Å².